The smallest absolute Gasteiger partial charge is 0.210 e. The van der Waals surface area contributed by atoms with E-state index in [4.69, 9.17) is 9.47 Å². The van der Waals surface area contributed by atoms with Crippen molar-refractivity contribution in [2.24, 2.45) is 0 Å². The molecule has 0 aliphatic heterocycles. The number of rotatable bonds is 4. The van der Waals surface area contributed by atoms with Crippen LogP contribution in [0.25, 0.3) is 0 Å². The van der Waals surface area contributed by atoms with E-state index in [1.807, 2.05) is 0 Å². The molecule has 0 aromatic heterocycles. The normalized spacial score (nSPS) is 13.2. The second-order valence-electron chi connectivity index (χ2n) is 5.02. The van der Waals surface area contributed by atoms with Gasteiger partial charge >= 0.3 is 0 Å². The molecule has 23 heavy (non-hydrogen) atoms. The first-order valence-corrected chi connectivity index (χ1v) is 7.02. The Labute approximate surface area is 133 Å². The number of ether oxygens (including phenoxy) is 2. The Bertz CT molecular complexity index is 801. The number of Topliss-reactive ketones (excluding diaryl/α,β-unsaturated/α-hetero) is 1. The molecule has 1 aliphatic rings. The fraction of sp³-hybridized carbons (Fsp3) is 0.111. The number of fused-ring (bicyclic) bond motifs is 1. The summed E-state index contributed by atoms with van der Waals surface area (Å²) in [5, 5.41) is 2.98. The van der Waals surface area contributed by atoms with Crippen LogP contribution in [-0.2, 0) is 0 Å². The van der Waals surface area contributed by atoms with E-state index in [9.17, 15) is 9.59 Å². The lowest BCUT2D eigenvalue weighted by Crippen LogP contribution is -2.21. The van der Waals surface area contributed by atoms with Gasteiger partial charge in [0.1, 0.15) is 11.5 Å². The molecule has 116 valence electrons. The van der Waals surface area contributed by atoms with Crippen LogP contribution in [-0.4, -0.2) is 25.8 Å². The van der Waals surface area contributed by atoms with Gasteiger partial charge in [-0.05, 0) is 0 Å². The third-order valence-electron chi connectivity index (χ3n) is 3.59. The molecule has 0 spiro atoms. The lowest BCUT2D eigenvalue weighted by atomic mass is 9.92. The minimum Gasteiger partial charge on any atom is -0.497 e. The molecule has 3 rings (SSSR count). The molecule has 0 atom stereocenters. The summed E-state index contributed by atoms with van der Waals surface area (Å²) in [5.41, 5.74) is 1.65. The Morgan fingerprint density at radius 2 is 1.48 bits per heavy atom. The maximum absolute atomic E-state index is 12.5. The quantitative estimate of drug-likeness (QED) is 0.940. The number of carbonyl (C=O) groups is 2. The molecule has 0 fully saturated rings. The molecule has 0 saturated heterocycles. The summed E-state index contributed by atoms with van der Waals surface area (Å²) in [4.78, 5) is 24.7. The monoisotopic (exact) mass is 309 g/mol. The highest BCUT2D eigenvalue weighted by Crippen LogP contribution is 2.28. The second kappa shape index (κ2) is 5.96. The van der Waals surface area contributed by atoms with Crippen LogP contribution in [0.5, 0.6) is 11.5 Å². The van der Waals surface area contributed by atoms with Gasteiger partial charge in [-0.2, -0.15) is 0 Å². The summed E-state index contributed by atoms with van der Waals surface area (Å²) in [7, 11) is 3.09. The number of benzene rings is 2. The van der Waals surface area contributed by atoms with Crippen LogP contribution in [0.4, 0.5) is 5.69 Å². The Hall–Kier alpha value is -3.08. The average Bonchev–Trinajstić information content (AvgIpc) is 2.59. The maximum atomic E-state index is 12.5. The molecular weight excluding hydrogens is 294 g/mol. The molecule has 0 bridgehead atoms. The van der Waals surface area contributed by atoms with Gasteiger partial charge in [0.2, 0.25) is 5.78 Å². The van der Waals surface area contributed by atoms with Crippen LogP contribution < -0.4 is 14.8 Å². The van der Waals surface area contributed by atoms with Crippen LogP contribution in [0.1, 0.15) is 20.7 Å². The molecular formula is C18H15NO4. The molecule has 0 heterocycles. The predicted octanol–water partition coefficient (Wildman–Crippen LogP) is 3.08. The average molecular weight is 309 g/mol. The predicted molar refractivity (Wildman–Crippen MR) is 86.4 cm³/mol. The largest absolute Gasteiger partial charge is 0.497 e. The van der Waals surface area contributed by atoms with E-state index in [0.29, 0.717) is 28.3 Å². The minimum absolute atomic E-state index is 0.197. The molecule has 5 heteroatoms. The van der Waals surface area contributed by atoms with Crippen LogP contribution in [0, 0.1) is 0 Å². The minimum atomic E-state index is -0.220. The van der Waals surface area contributed by atoms with Crippen LogP contribution in [0.15, 0.2) is 54.2 Å². The highest BCUT2D eigenvalue weighted by Gasteiger charge is 2.25. The summed E-state index contributed by atoms with van der Waals surface area (Å²) in [6, 6.07) is 11.9. The zero-order valence-electron chi connectivity index (χ0n) is 12.8. The number of anilines is 1. The molecule has 0 saturated carbocycles. The van der Waals surface area contributed by atoms with Crippen molar-refractivity contribution in [2.45, 2.75) is 0 Å². The maximum Gasteiger partial charge on any atom is 0.210 e. The Morgan fingerprint density at radius 1 is 0.870 bits per heavy atom. The van der Waals surface area contributed by atoms with Crippen molar-refractivity contribution in [3.05, 3.63) is 65.4 Å². The van der Waals surface area contributed by atoms with Crippen LogP contribution >= 0.6 is 0 Å². The number of hydrogen-bond donors (Lipinski definition) is 1. The van der Waals surface area contributed by atoms with Gasteiger partial charge < -0.3 is 14.8 Å². The van der Waals surface area contributed by atoms with E-state index in [2.05, 4.69) is 5.32 Å². The van der Waals surface area contributed by atoms with Crippen molar-refractivity contribution in [2.75, 3.05) is 19.5 Å². The first-order valence-electron chi connectivity index (χ1n) is 7.02. The molecule has 1 N–H and O–H groups in total. The topological polar surface area (TPSA) is 64.6 Å². The Morgan fingerprint density at radius 3 is 2.09 bits per heavy atom. The zero-order chi connectivity index (χ0) is 16.4. The van der Waals surface area contributed by atoms with Crippen LogP contribution in [0.3, 0.4) is 0 Å². The summed E-state index contributed by atoms with van der Waals surface area (Å²) in [5.74, 6) is 0.754. The fourth-order valence-corrected chi connectivity index (χ4v) is 2.44. The van der Waals surface area contributed by atoms with E-state index in [1.165, 1.54) is 6.08 Å². The highest BCUT2D eigenvalue weighted by atomic mass is 16.5. The van der Waals surface area contributed by atoms with E-state index in [1.54, 1.807) is 56.7 Å². The molecule has 1 aliphatic carbocycles. The Kier molecular flexibility index (Phi) is 3.85. The number of carbonyl (C=O) groups excluding carboxylic acids is 2. The second-order valence-corrected chi connectivity index (χ2v) is 5.02. The fourth-order valence-electron chi connectivity index (χ4n) is 2.44. The molecule has 5 nitrogen and oxygen atoms in total. The van der Waals surface area contributed by atoms with E-state index >= 15 is 0 Å². The van der Waals surface area contributed by atoms with E-state index in [0.717, 1.165) is 0 Å². The van der Waals surface area contributed by atoms with Crippen molar-refractivity contribution in [3.63, 3.8) is 0 Å². The molecule has 0 radical (unpaired) electrons. The third-order valence-corrected chi connectivity index (χ3v) is 3.59. The molecule has 0 amide bonds. The molecule has 0 unspecified atom stereocenters. The van der Waals surface area contributed by atoms with E-state index in [-0.39, 0.29) is 17.3 Å². The van der Waals surface area contributed by atoms with Gasteiger partial charge in [-0.15, -0.1) is 0 Å². The summed E-state index contributed by atoms with van der Waals surface area (Å²) >= 11 is 0. The number of allylic oxidation sites excluding steroid dienone is 2. The van der Waals surface area contributed by atoms with Crippen molar-refractivity contribution < 1.29 is 19.1 Å². The van der Waals surface area contributed by atoms with Crippen molar-refractivity contribution in [3.8, 4) is 11.5 Å². The zero-order valence-corrected chi connectivity index (χ0v) is 12.8. The van der Waals surface area contributed by atoms with Gasteiger partial charge in [-0.3, -0.25) is 9.59 Å². The number of hydrogen-bond acceptors (Lipinski definition) is 5. The van der Waals surface area contributed by atoms with Crippen molar-refractivity contribution in [1.82, 2.24) is 0 Å². The van der Waals surface area contributed by atoms with Gasteiger partial charge in [0, 0.05) is 41.1 Å². The Balaban J connectivity index is 1.95. The van der Waals surface area contributed by atoms with Crippen LogP contribution in [0.2, 0.25) is 0 Å². The van der Waals surface area contributed by atoms with Gasteiger partial charge in [0.15, 0.2) is 5.78 Å². The lowest BCUT2D eigenvalue weighted by molar-refractivity contribution is 0.0985. The first-order chi connectivity index (χ1) is 11.1. The van der Waals surface area contributed by atoms with E-state index < -0.39 is 0 Å². The number of methoxy groups -OCH3 is 2. The molecule has 2 aromatic rings. The standard InChI is InChI=1S/C18H15NO4/c1-22-12-7-11(8-13(9-12)23-2)19-16-10-17(20)14-5-3-4-6-15(14)18(16)21/h3-10,19H,1-2H3. The SMILES string of the molecule is COc1cc(NC2=CC(=O)c3ccccc3C2=O)cc(OC)c1. The summed E-state index contributed by atoms with van der Waals surface area (Å²) < 4.78 is 10.4. The van der Waals surface area contributed by atoms with Gasteiger partial charge in [-0.1, -0.05) is 24.3 Å². The van der Waals surface area contributed by atoms with Crippen molar-refractivity contribution >= 4 is 17.3 Å². The van der Waals surface area contributed by atoms with Crippen molar-refractivity contribution in [1.29, 1.82) is 0 Å². The van der Waals surface area contributed by atoms with Gasteiger partial charge in [-0.25, -0.2) is 0 Å². The molecule has 2 aromatic carbocycles. The van der Waals surface area contributed by atoms with Gasteiger partial charge in [0.05, 0.1) is 19.9 Å². The third kappa shape index (κ3) is 2.81. The highest BCUT2D eigenvalue weighted by molar-refractivity contribution is 6.25. The van der Waals surface area contributed by atoms with Gasteiger partial charge in [0.25, 0.3) is 0 Å². The number of ketones is 2. The summed E-state index contributed by atoms with van der Waals surface area (Å²) in [6.45, 7) is 0. The first kappa shape index (κ1) is 14.8. The number of nitrogens with one attached hydrogen (secondary N) is 1. The summed E-state index contributed by atoms with van der Waals surface area (Å²) in [6.07, 6.45) is 1.32. The lowest BCUT2D eigenvalue weighted by Gasteiger charge is -2.17.